The van der Waals surface area contributed by atoms with Crippen LogP contribution in [0.1, 0.15) is 6.42 Å². The molecule has 6 N–H and O–H groups in total. The normalized spacial score (nSPS) is 49.3. The van der Waals surface area contributed by atoms with Crippen LogP contribution in [-0.4, -0.2) is 86.3 Å². The van der Waals surface area contributed by atoms with Crippen LogP contribution in [0.15, 0.2) is 12.2 Å². The Morgan fingerprint density at radius 2 is 1.70 bits per heavy atom. The van der Waals surface area contributed by atoms with Gasteiger partial charge >= 0.3 is 0 Å². The van der Waals surface area contributed by atoms with Crippen LogP contribution in [-0.2, 0) is 9.47 Å². The molecule has 0 spiro atoms. The number of hydrogen-bond acceptors (Lipinski definition) is 8. The number of ether oxygens (including phenoxy) is 2. The molecule has 1 fully saturated rings. The second kappa shape index (κ2) is 6.46. The molecule has 0 radical (unpaired) electrons. The average molecular weight is 292 g/mol. The second-order valence-corrected chi connectivity index (χ2v) is 5.05. The zero-order chi connectivity index (χ0) is 14.9. The van der Waals surface area contributed by atoms with Gasteiger partial charge in [0.05, 0.1) is 18.8 Å². The molecular weight excluding hydrogens is 272 g/mol. The van der Waals surface area contributed by atoms with Crippen molar-refractivity contribution in [1.29, 1.82) is 0 Å². The van der Waals surface area contributed by atoms with Crippen LogP contribution in [0.25, 0.3) is 0 Å². The van der Waals surface area contributed by atoms with E-state index in [0.717, 1.165) is 0 Å². The van der Waals surface area contributed by atoms with Crippen molar-refractivity contribution < 1.29 is 40.1 Å². The molecule has 8 heteroatoms. The van der Waals surface area contributed by atoms with Gasteiger partial charge in [-0.2, -0.15) is 0 Å². The van der Waals surface area contributed by atoms with Crippen molar-refractivity contribution in [3.63, 3.8) is 0 Å². The molecule has 2 aliphatic rings. The van der Waals surface area contributed by atoms with Crippen LogP contribution in [0.5, 0.6) is 0 Å². The van der Waals surface area contributed by atoms with E-state index in [9.17, 15) is 25.5 Å². The molecular formula is C12H20O8. The molecule has 0 saturated carbocycles. The lowest BCUT2D eigenvalue weighted by atomic mass is 9.97. The zero-order valence-corrected chi connectivity index (χ0v) is 10.7. The highest BCUT2D eigenvalue weighted by Gasteiger charge is 2.45. The largest absolute Gasteiger partial charge is 0.394 e. The summed E-state index contributed by atoms with van der Waals surface area (Å²) in [7, 11) is 0. The fourth-order valence-electron chi connectivity index (χ4n) is 2.30. The molecule has 1 heterocycles. The van der Waals surface area contributed by atoms with Crippen molar-refractivity contribution >= 4 is 0 Å². The van der Waals surface area contributed by atoms with Gasteiger partial charge < -0.3 is 40.1 Å². The first kappa shape index (κ1) is 15.8. The first-order chi connectivity index (χ1) is 9.43. The molecule has 2 rings (SSSR count). The molecule has 8 unspecified atom stereocenters. The third-order valence-corrected chi connectivity index (χ3v) is 3.52. The molecule has 1 aliphatic heterocycles. The standard InChI is InChI=1S/C12H20O8/c13-4-8-9(16)10(17)11(18)12(20-8)19-7-2-1-5(14)3-6(7)15/h1-2,5-18H,3-4H2. The van der Waals surface area contributed by atoms with Crippen molar-refractivity contribution in [2.24, 2.45) is 0 Å². The third-order valence-electron chi connectivity index (χ3n) is 3.52. The minimum Gasteiger partial charge on any atom is -0.394 e. The fourth-order valence-corrected chi connectivity index (χ4v) is 2.30. The van der Waals surface area contributed by atoms with Gasteiger partial charge in [-0.1, -0.05) is 12.2 Å². The first-order valence-electron chi connectivity index (χ1n) is 6.44. The fraction of sp³-hybridized carbons (Fsp3) is 0.833. The van der Waals surface area contributed by atoms with Crippen LogP contribution in [0.2, 0.25) is 0 Å². The van der Waals surface area contributed by atoms with Gasteiger partial charge in [0.15, 0.2) is 6.29 Å². The SMILES string of the molecule is OCC1OC(OC2C=CC(O)CC2O)C(O)C(O)C1O. The average Bonchev–Trinajstić information content (AvgIpc) is 2.42. The van der Waals surface area contributed by atoms with Gasteiger partial charge in [-0.3, -0.25) is 0 Å². The van der Waals surface area contributed by atoms with Crippen molar-refractivity contribution in [2.45, 2.75) is 55.4 Å². The minimum absolute atomic E-state index is 0.0819. The van der Waals surface area contributed by atoms with E-state index in [0.29, 0.717) is 0 Å². The Bertz CT molecular complexity index is 346. The van der Waals surface area contributed by atoms with Gasteiger partial charge in [-0.05, 0) is 0 Å². The minimum atomic E-state index is -1.53. The zero-order valence-electron chi connectivity index (χ0n) is 10.7. The third kappa shape index (κ3) is 3.18. The molecule has 20 heavy (non-hydrogen) atoms. The molecule has 1 saturated heterocycles. The van der Waals surface area contributed by atoms with Crippen LogP contribution < -0.4 is 0 Å². The summed E-state index contributed by atoms with van der Waals surface area (Å²) in [4.78, 5) is 0. The quantitative estimate of drug-likeness (QED) is 0.300. The van der Waals surface area contributed by atoms with E-state index in [1.165, 1.54) is 12.2 Å². The van der Waals surface area contributed by atoms with Crippen LogP contribution in [0.3, 0.4) is 0 Å². The molecule has 8 nitrogen and oxygen atoms in total. The molecule has 0 amide bonds. The summed E-state index contributed by atoms with van der Waals surface area (Å²) in [6.45, 7) is -0.549. The lowest BCUT2D eigenvalue weighted by Gasteiger charge is -2.41. The van der Waals surface area contributed by atoms with E-state index in [4.69, 9.17) is 14.6 Å². The van der Waals surface area contributed by atoms with E-state index in [2.05, 4.69) is 0 Å². The molecule has 1 aliphatic carbocycles. The lowest BCUT2D eigenvalue weighted by molar-refractivity contribution is -0.313. The maximum atomic E-state index is 9.79. The van der Waals surface area contributed by atoms with Gasteiger partial charge in [-0.25, -0.2) is 0 Å². The van der Waals surface area contributed by atoms with Gasteiger partial charge in [0.25, 0.3) is 0 Å². The first-order valence-corrected chi connectivity index (χ1v) is 6.44. The van der Waals surface area contributed by atoms with E-state index in [-0.39, 0.29) is 6.42 Å². The van der Waals surface area contributed by atoms with Crippen molar-refractivity contribution in [2.75, 3.05) is 6.61 Å². The Morgan fingerprint density at radius 3 is 2.30 bits per heavy atom. The molecule has 0 aromatic heterocycles. The molecule has 0 aromatic carbocycles. The van der Waals surface area contributed by atoms with Gasteiger partial charge in [-0.15, -0.1) is 0 Å². The van der Waals surface area contributed by atoms with Crippen molar-refractivity contribution in [3.8, 4) is 0 Å². The lowest BCUT2D eigenvalue weighted by Crippen LogP contribution is -2.60. The number of aliphatic hydroxyl groups is 6. The predicted octanol–water partition coefficient (Wildman–Crippen LogP) is -3.15. The van der Waals surface area contributed by atoms with Gasteiger partial charge in [0.1, 0.15) is 30.5 Å². The highest BCUT2D eigenvalue weighted by Crippen LogP contribution is 2.25. The Kier molecular flexibility index (Phi) is 5.10. The molecule has 0 aromatic rings. The number of rotatable bonds is 3. The van der Waals surface area contributed by atoms with Crippen LogP contribution in [0.4, 0.5) is 0 Å². The van der Waals surface area contributed by atoms with Gasteiger partial charge in [0.2, 0.25) is 0 Å². The van der Waals surface area contributed by atoms with Gasteiger partial charge in [0, 0.05) is 6.42 Å². The molecule has 0 bridgehead atoms. The second-order valence-electron chi connectivity index (χ2n) is 5.05. The Labute approximate surface area is 115 Å². The summed E-state index contributed by atoms with van der Waals surface area (Å²) >= 11 is 0. The van der Waals surface area contributed by atoms with Crippen LogP contribution in [0, 0.1) is 0 Å². The number of aliphatic hydroxyl groups excluding tert-OH is 6. The van der Waals surface area contributed by atoms with E-state index < -0.39 is 55.6 Å². The summed E-state index contributed by atoms with van der Waals surface area (Å²) in [5.74, 6) is 0. The van der Waals surface area contributed by atoms with Crippen LogP contribution >= 0.6 is 0 Å². The van der Waals surface area contributed by atoms with Crippen molar-refractivity contribution in [1.82, 2.24) is 0 Å². The van der Waals surface area contributed by atoms with E-state index in [1.807, 2.05) is 0 Å². The maximum absolute atomic E-state index is 9.79. The Balaban J connectivity index is 2.02. The topological polar surface area (TPSA) is 140 Å². The Morgan fingerprint density at radius 1 is 1.00 bits per heavy atom. The Hall–Kier alpha value is -0.580. The summed E-state index contributed by atoms with van der Waals surface area (Å²) < 4.78 is 10.5. The summed E-state index contributed by atoms with van der Waals surface area (Å²) in [5, 5.41) is 57.2. The highest BCUT2D eigenvalue weighted by atomic mass is 16.7. The van der Waals surface area contributed by atoms with E-state index in [1.54, 1.807) is 0 Å². The predicted molar refractivity (Wildman–Crippen MR) is 64.4 cm³/mol. The maximum Gasteiger partial charge on any atom is 0.187 e. The summed E-state index contributed by atoms with van der Waals surface area (Å²) in [5.41, 5.74) is 0. The molecule has 116 valence electrons. The summed E-state index contributed by atoms with van der Waals surface area (Å²) in [6.07, 6.45) is -6.47. The molecule has 8 atom stereocenters. The highest BCUT2D eigenvalue weighted by molar-refractivity contribution is 5.04. The smallest absolute Gasteiger partial charge is 0.187 e. The van der Waals surface area contributed by atoms with E-state index >= 15 is 0 Å². The van der Waals surface area contributed by atoms with Crippen molar-refractivity contribution in [3.05, 3.63) is 12.2 Å². The number of hydrogen-bond donors (Lipinski definition) is 6. The summed E-state index contributed by atoms with van der Waals surface area (Å²) in [6, 6.07) is 0. The monoisotopic (exact) mass is 292 g/mol.